The number of esters is 1. The first-order chi connectivity index (χ1) is 13.9. The summed E-state index contributed by atoms with van der Waals surface area (Å²) in [5.74, 6) is -0.656. The second-order valence-electron chi connectivity index (χ2n) is 10.9. The van der Waals surface area contributed by atoms with Crippen molar-refractivity contribution in [1.82, 2.24) is 10.6 Å². The van der Waals surface area contributed by atoms with Crippen LogP contribution in [-0.2, 0) is 19.1 Å². The number of amides is 2. The molecule has 0 unspecified atom stereocenters. The summed E-state index contributed by atoms with van der Waals surface area (Å²) in [6.45, 7) is 18.3. The summed E-state index contributed by atoms with van der Waals surface area (Å²) in [7, 11) is 0. The molecule has 0 radical (unpaired) electrons. The van der Waals surface area contributed by atoms with Gasteiger partial charge in [0.15, 0.2) is 0 Å². The van der Waals surface area contributed by atoms with Gasteiger partial charge in [-0.05, 0) is 66.2 Å². The molecule has 182 valence electrons. The smallest absolute Gasteiger partial charge is 0.407 e. The Balaban J connectivity index is 5.15. The van der Waals surface area contributed by atoms with Crippen LogP contribution < -0.4 is 10.6 Å². The van der Waals surface area contributed by atoms with E-state index in [1.54, 1.807) is 41.5 Å². The molecule has 0 aromatic rings. The third kappa shape index (κ3) is 14.7. The van der Waals surface area contributed by atoms with Crippen LogP contribution in [-0.4, -0.2) is 52.5 Å². The minimum Gasteiger partial charge on any atom is -0.458 e. The quantitative estimate of drug-likeness (QED) is 0.444. The number of hydrogen-bond donors (Lipinski definition) is 3. The molecule has 0 aromatic carbocycles. The molecule has 3 N–H and O–H groups in total. The fraction of sp³-hybridized carbons (Fsp3) is 0.870. The van der Waals surface area contributed by atoms with E-state index in [4.69, 9.17) is 9.47 Å². The Morgan fingerprint density at radius 3 is 1.71 bits per heavy atom. The van der Waals surface area contributed by atoms with Crippen LogP contribution in [0.15, 0.2) is 0 Å². The lowest BCUT2D eigenvalue weighted by Gasteiger charge is -2.28. The van der Waals surface area contributed by atoms with Gasteiger partial charge in [0.2, 0.25) is 5.91 Å². The molecular weight excluding hydrogens is 400 g/mol. The highest BCUT2D eigenvalue weighted by atomic mass is 16.6. The van der Waals surface area contributed by atoms with E-state index in [2.05, 4.69) is 10.6 Å². The first-order valence-electron chi connectivity index (χ1n) is 11.1. The molecule has 8 heteroatoms. The van der Waals surface area contributed by atoms with Crippen LogP contribution in [0, 0.1) is 11.8 Å². The zero-order valence-electron chi connectivity index (χ0n) is 21.0. The fourth-order valence-corrected chi connectivity index (χ4v) is 2.92. The maximum atomic E-state index is 12.6. The first kappa shape index (κ1) is 29.2. The van der Waals surface area contributed by atoms with Gasteiger partial charge in [0.05, 0.1) is 18.6 Å². The number of rotatable bonds is 10. The highest BCUT2D eigenvalue weighted by Crippen LogP contribution is 2.15. The highest BCUT2D eigenvalue weighted by Gasteiger charge is 2.30. The lowest BCUT2D eigenvalue weighted by atomic mass is 9.97. The molecule has 8 nitrogen and oxygen atoms in total. The Kier molecular flexibility index (Phi) is 11.5. The molecule has 31 heavy (non-hydrogen) atoms. The summed E-state index contributed by atoms with van der Waals surface area (Å²) in [6.07, 6.45) is -1.15. The standard InChI is InChI=1S/C23H44N2O6/c1-14(2)11-16(25-21(29)31-23(8,9)10)18(26)13-19(27)24-17(12-15(3)4)20(28)30-22(5,6)7/h14-18,26H,11-13H2,1-10H3,(H,24,27)(H,25,29)/t16-,17-,18-/m0/s1. The van der Waals surface area contributed by atoms with E-state index >= 15 is 0 Å². The van der Waals surface area contributed by atoms with Crippen molar-refractivity contribution in [3.63, 3.8) is 0 Å². The Bertz CT molecular complexity index is 590. The minimum atomic E-state index is -1.13. The third-order valence-electron chi connectivity index (χ3n) is 4.02. The van der Waals surface area contributed by atoms with Gasteiger partial charge in [0, 0.05) is 0 Å². The zero-order chi connectivity index (χ0) is 24.6. The molecule has 0 aliphatic heterocycles. The van der Waals surface area contributed by atoms with Gasteiger partial charge in [-0.3, -0.25) is 4.79 Å². The predicted molar refractivity (Wildman–Crippen MR) is 120 cm³/mol. The van der Waals surface area contributed by atoms with Gasteiger partial charge in [-0.15, -0.1) is 0 Å². The molecule has 3 atom stereocenters. The van der Waals surface area contributed by atoms with Crippen molar-refractivity contribution in [2.24, 2.45) is 11.8 Å². The van der Waals surface area contributed by atoms with Crippen molar-refractivity contribution >= 4 is 18.0 Å². The number of carbonyl (C=O) groups is 3. The SMILES string of the molecule is CC(C)C[C@H](NC(=O)C[C@H](O)[C@H](CC(C)C)NC(=O)OC(C)(C)C)C(=O)OC(C)(C)C. The Hall–Kier alpha value is -1.83. The molecule has 0 fully saturated rings. The van der Waals surface area contributed by atoms with Crippen molar-refractivity contribution < 1.29 is 29.0 Å². The van der Waals surface area contributed by atoms with E-state index in [9.17, 15) is 19.5 Å². The van der Waals surface area contributed by atoms with E-state index in [-0.39, 0.29) is 18.3 Å². The molecule has 0 saturated heterocycles. The maximum absolute atomic E-state index is 12.6. The van der Waals surface area contributed by atoms with E-state index in [0.29, 0.717) is 12.8 Å². The average molecular weight is 445 g/mol. The molecular formula is C23H44N2O6. The number of alkyl carbamates (subject to hydrolysis) is 1. The van der Waals surface area contributed by atoms with Crippen LogP contribution in [0.2, 0.25) is 0 Å². The predicted octanol–water partition coefficient (Wildman–Crippen LogP) is 3.55. The van der Waals surface area contributed by atoms with Crippen molar-refractivity contribution in [2.75, 3.05) is 0 Å². The van der Waals surface area contributed by atoms with E-state index in [0.717, 1.165) is 0 Å². The number of carbonyl (C=O) groups excluding carboxylic acids is 3. The molecule has 0 aliphatic carbocycles. The topological polar surface area (TPSA) is 114 Å². The van der Waals surface area contributed by atoms with Crippen LogP contribution in [0.5, 0.6) is 0 Å². The summed E-state index contributed by atoms with van der Waals surface area (Å²) >= 11 is 0. The van der Waals surface area contributed by atoms with Crippen LogP contribution in [0.1, 0.15) is 88.5 Å². The Morgan fingerprint density at radius 1 is 0.806 bits per heavy atom. The summed E-state index contributed by atoms with van der Waals surface area (Å²) in [5, 5.41) is 16.0. The molecule has 0 spiro atoms. The van der Waals surface area contributed by atoms with Gasteiger partial charge in [-0.25, -0.2) is 9.59 Å². The lowest BCUT2D eigenvalue weighted by Crippen LogP contribution is -2.49. The van der Waals surface area contributed by atoms with Crippen molar-refractivity contribution in [3.8, 4) is 0 Å². The van der Waals surface area contributed by atoms with Crippen molar-refractivity contribution in [2.45, 2.75) is 118 Å². The largest absolute Gasteiger partial charge is 0.458 e. The molecule has 2 amide bonds. The molecule has 0 heterocycles. The summed E-state index contributed by atoms with van der Waals surface area (Å²) in [4.78, 5) is 37.3. The average Bonchev–Trinajstić information content (AvgIpc) is 2.48. The molecule has 0 bridgehead atoms. The van der Waals surface area contributed by atoms with Gasteiger partial charge in [0.1, 0.15) is 17.2 Å². The maximum Gasteiger partial charge on any atom is 0.407 e. The van der Waals surface area contributed by atoms with Crippen molar-refractivity contribution in [3.05, 3.63) is 0 Å². The number of ether oxygens (including phenoxy) is 2. The molecule has 0 rings (SSSR count). The lowest BCUT2D eigenvalue weighted by molar-refractivity contribution is -0.159. The number of nitrogens with one attached hydrogen (secondary N) is 2. The van der Waals surface area contributed by atoms with E-state index < -0.39 is 47.4 Å². The van der Waals surface area contributed by atoms with Crippen LogP contribution in [0.3, 0.4) is 0 Å². The molecule has 0 aromatic heterocycles. The van der Waals surface area contributed by atoms with Crippen LogP contribution >= 0.6 is 0 Å². The third-order valence-corrected chi connectivity index (χ3v) is 4.02. The molecule has 0 saturated carbocycles. The Labute approximate surface area is 187 Å². The normalized spacial score (nSPS) is 15.3. The number of hydrogen-bond acceptors (Lipinski definition) is 6. The minimum absolute atomic E-state index is 0.158. The summed E-state index contributed by atoms with van der Waals surface area (Å²) in [6, 6.07) is -1.47. The summed E-state index contributed by atoms with van der Waals surface area (Å²) < 4.78 is 10.7. The van der Waals surface area contributed by atoms with E-state index in [1.165, 1.54) is 0 Å². The van der Waals surface area contributed by atoms with Gasteiger partial charge in [-0.2, -0.15) is 0 Å². The van der Waals surface area contributed by atoms with Crippen molar-refractivity contribution in [1.29, 1.82) is 0 Å². The fourth-order valence-electron chi connectivity index (χ4n) is 2.92. The second-order valence-corrected chi connectivity index (χ2v) is 10.9. The van der Waals surface area contributed by atoms with Gasteiger partial charge >= 0.3 is 12.1 Å². The van der Waals surface area contributed by atoms with E-state index in [1.807, 2.05) is 27.7 Å². The number of aliphatic hydroxyl groups excluding tert-OH is 1. The first-order valence-corrected chi connectivity index (χ1v) is 11.1. The van der Waals surface area contributed by atoms with Gasteiger partial charge in [-0.1, -0.05) is 27.7 Å². The second kappa shape index (κ2) is 12.3. The van der Waals surface area contributed by atoms with Crippen LogP contribution in [0.25, 0.3) is 0 Å². The molecule has 0 aliphatic rings. The monoisotopic (exact) mass is 444 g/mol. The Morgan fingerprint density at radius 2 is 1.29 bits per heavy atom. The van der Waals surface area contributed by atoms with Gasteiger partial charge < -0.3 is 25.2 Å². The van der Waals surface area contributed by atoms with Gasteiger partial charge in [0.25, 0.3) is 0 Å². The van der Waals surface area contributed by atoms with Crippen LogP contribution in [0.4, 0.5) is 4.79 Å². The zero-order valence-corrected chi connectivity index (χ0v) is 21.0. The highest BCUT2D eigenvalue weighted by molar-refractivity contribution is 5.85. The number of aliphatic hydroxyl groups is 1. The summed E-state index contributed by atoms with van der Waals surface area (Å²) in [5.41, 5.74) is -1.34.